The van der Waals surface area contributed by atoms with E-state index in [4.69, 9.17) is 18.0 Å². The number of nitrogens with one attached hydrogen (secondary N) is 1. The SMILES string of the molecule is Cc1nn(C)cc1C(=O)NCCCCC(N)=S. The number of amides is 1. The highest BCUT2D eigenvalue weighted by atomic mass is 32.1. The number of thiocarbonyl (C=S) groups is 1. The lowest BCUT2D eigenvalue weighted by Gasteiger charge is -2.03. The number of nitrogens with zero attached hydrogens (tertiary/aromatic N) is 2. The molecule has 0 aliphatic rings. The molecule has 0 unspecified atom stereocenters. The number of carbonyl (C=O) groups is 1. The minimum absolute atomic E-state index is 0.0778. The van der Waals surface area contributed by atoms with Gasteiger partial charge < -0.3 is 11.1 Å². The summed E-state index contributed by atoms with van der Waals surface area (Å²) in [6.07, 6.45) is 4.24. The van der Waals surface area contributed by atoms with Gasteiger partial charge in [-0.2, -0.15) is 5.10 Å². The third-order valence-electron chi connectivity index (χ3n) is 2.39. The van der Waals surface area contributed by atoms with E-state index in [1.807, 2.05) is 6.92 Å². The van der Waals surface area contributed by atoms with Gasteiger partial charge in [-0.15, -0.1) is 0 Å². The smallest absolute Gasteiger partial charge is 0.254 e. The Hall–Kier alpha value is -1.43. The van der Waals surface area contributed by atoms with Crippen molar-refractivity contribution in [2.75, 3.05) is 6.54 Å². The predicted octanol–water partition coefficient (Wildman–Crippen LogP) is 0.915. The van der Waals surface area contributed by atoms with Gasteiger partial charge in [0.1, 0.15) is 0 Å². The maximum absolute atomic E-state index is 11.8. The summed E-state index contributed by atoms with van der Waals surface area (Å²) in [4.78, 5) is 12.3. The van der Waals surface area contributed by atoms with Gasteiger partial charge in [0.05, 0.1) is 16.2 Å². The Balaban J connectivity index is 2.30. The van der Waals surface area contributed by atoms with Gasteiger partial charge in [0.15, 0.2) is 0 Å². The van der Waals surface area contributed by atoms with E-state index < -0.39 is 0 Å². The van der Waals surface area contributed by atoms with E-state index in [1.165, 1.54) is 0 Å². The van der Waals surface area contributed by atoms with Crippen LogP contribution in [0.1, 0.15) is 35.3 Å². The Morgan fingerprint density at radius 1 is 1.59 bits per heavy atom. The van der Waals surface area contributed by atoms with Crippen LogP contribution in [0.4, 0.5) is 0 Å². The molecule has 1 aromatic heterocycles. The molecule has 0 saturated heterocycles. The highest BCUT2D eigenvalue weighted by molar-refractivity contribution is 7.80. The van der Waals surface area contributed by atoms with Crippen molar-refractivity contribution in [2.24, 2.45) is 12.8 Å². The lowest BCUT2D eigenvalue weighted by molar-refractivity contribution is 0.0952. The van der Waals surface area contributed by atoms with E-state index in [1.54, 1.807) is 17.9 Å². The Bertz CT molecular complexity index is 414. The number of unbranched alkanes of at least 4 members (excludes halogenated alkanes) is 1. The monoisotopic (exact) mass is 254 g/mol. The van der Waals surface area contributed by atoms with E-state index in [9.17, 15) is 4.79 Å². The van der Waals surface area contributed by atoms with Gasteiger partial charge in [0.2, 0.25) is 0 Å². The first-order valence-corrected chi connectivity index (χ1v) is 5.98. The van der Waals surface area contributed by atoms with Crippen LogP contribution in [0.15, 0.2) is 6.20 Å². The summed E-state index contributed by atoms with van der Waals surface area (Å²) < 4.78 is 1.64. The number of rotatable bonds is 6. The number of carbonyl (C=O) groups excluding carboxylic acids is 1. The molecule has 0 spiro atoms. The topological polar surface area (TPSA) is 72.9 Å². The molecule has 0 aliphatic carbocycles. The number of hydrogen-bond acceptors (Lipinski definition) is 3. The average Bonchev–Trinajstić information content (AvgIpc) is 2.56. The van der Waals surface area contributed by atoms with Gasteiger partial charge in [-0.1, -0.05) is 12.2 Å². The molecule has 6 heteroatoms. The van der Waals surface area contributed by atoms with Crippen LogP contribution >= 0.6 is 12.2 Å². The molecule has 0 atom stereocenters. The van der Waals surface area contributed by atoms with E-state index in [-0.39, 0.29) is 5.91 Å². The third kappa shape index (κ3) is 4.52. The zero-order chi connectivity index (χ0) is 12.8. The third-order valence-corrected chi connectivity index (χ3v) is 2.60. The lowest BCUT2D eigenvalue weighted by Crippen LogP contribution is -2.25. The Kier molecular flexibility index (Phi) is 5.09. The average molecular weight is 254 g/mol. The van der Waals surface area contributed by atoms with E-state index in [0.29, 0.717) is 17.1 Å². The molecule has 0 saturated carbocycles. The molecule has 0 aromatic carbocycles. The van der Waals surface area contributed by atoms with Crippen molar-refractivity contribution < 1.29 is 4.79 Å². The highest BCUT2D eigenvalue weighted by Crippen LogP contribution is 2.04. The van der Waals surface area contributed by atoms with Crippen molar-refractivity contribution in [3.8, 4) is 0 Å². The molecule has 1 heterocycles. The summed E-state index contributed by atoms with van der Waals surface area (Å²) in [7, 11) is 1.80. The first-order chi connectivity index (χ1) is 8.00. The lowest BCUT2D eigenvalue weighted by atomic mass is 10.2. The zero-order valence-electron chi connectivity index (χ0n) is 10.2. The Morgan fingerprint density at radius 3 is 2.82 bits per heavy atom. The number of nitrogens with two attached hydrogens (primary N) is 1. The van der Waals surface area contributed by atoms with Crippen molar-refractivity contribution in [2.45, 2.75) is 26.2 Å². The summed E-state index contributed by atoms with van der Waals surface area (Å²) in [6.45, 7) is 2.46. The molecule has 1 aromatic rings. The predicted molar refractivity (Wildman–Crippen MR) is 70.9 cm³/mol. The molecule has 0 radical (unpaired) electrons. The second kappa shape index (κ2) is 6.34. The van der Waals surface area contributed by atoms with Crippen LogP contribution in [0.25, 0.3) is 0 Å². The number of hydrogen-bond donors (Lipinski definition) is 2. The van der Waals surface area contributed by atoms with Crippen molar-refractivity contribution in [3.63, 3.8) is 0 Å². The van der Waals surface area contributed by atoms with Gasteiger partial charge in [-0.25, -0.2) is 0 Å². The fraction of sp³-hybridized carbons (Fsp3) is 0.545. The van der Waals surface area contributed by atoms with Crippen molar-refractivity contribution in [1.82, 2.24) is 15.1 Å². The fourth-order valence-electron chi connectivity index (χ4n) is 1.54. The van der Waals surface area contributed by atoms with Gasteiger partial charge in [0.25, 0.3) is 5.91 Å². The maximum Gasteiger partial charge on any atom is 0.254 e. The van der Waals surface area contributed by atoms with E-state index >= 15 is 0 Å². The number of aryl methyl sites for hydroxylation is 2. The summed E-state index contributed by atoms with van der Waals surface area (Å²) in [6, 6.07) is 0. The molecular weight excluding hydrogens is 236 g/mol. The van der Waals surface area contributed by atoms with Crippen LogP contribution in [-0.4, -0.2) is 27.2 Å². The van der Waals surface area contributed by atoms with Gasteiger partial charge >= 0.3 is 0 Å². The largest absolute Gasteiger partial charge is 0.393 e. The molecule has 3 N–H and O–H groups in total. The zero-order valence-corrected chi connectivity index (χ0v) is 11.0. The molecule has 94 valence electrons. The summed E-state index contributed by atoms with van der Waals surface area (Å²) >= 11 is 4.77. The summed E-state index contributed by atoms with van der Waals surface area (Å²) in [5.41, 5.74) is 6.75. The second-order valence-corrected chi connectivity index (χ2v) is 4.51. The molecule has 1 rings (SSSR count). The number of aromatic nitrogens is 2. The quantitative estimate of drug-likeness (QED) is 0.585. The van der Waals surface area contributed by atoms with Crippen LogP contribution in [0.5, 0.6) is 0 Å². The van der Waals surface area contributed by atoms with E-state index in [2.05, 4.69) is 10.4 Å². The van der Waals surface area contributed by atoms with Crippen LogP contribution in [0.2, 0.25) is 0 Å². The van der Waals surface area contributed by atoms with Gasteiger partial charge in [-0.05, 0) is 26.2 Å². The van der Waals surface area contributed by atoms with Crippen LogP contribution in [-0.2, 0) is 7.05 Å². The highest BCUT2D eigenvalue weighted by Gasteiger charge is 2.11. The standard InChI is InChI=1S/C11H18N4OS/c1-8-9(7-15(2)14-8)11(16)13-6-4-3-5-10(12)17/h7H,3-6H2,1-2H3,(H2,12,17)(H,13,16). The molecule has 0 fully saturated rings. The molecule has 5 nitrogen and oxygen atoms in total. The summed E-state index contributed by atoms with van der Waals surface area (Å²) in [5.74, 6) is -0.0778. The Labute approximate surface area is 106 Å². The van der Waals surface area contributed by atoms with Crippen molar-refractivity contribution in [3.05, 3.63) is 17.5 Å². The normalized spacial score (nSPS) is 10.2. The minimum atomic E-state index is -0.0778. The minimum Gasteiger partial charge on any atom is -0.393 e. The van der Waals surface area contributed by atoms with Crippen LogP contribution in [0.3, 0.4) is 0 Å². The van der Waals surface area contributed by atoms with Gasteiger partial charge in [-0.3, -0.25) is 9.48 Å². The Morgan fingerprint density at radius 2 is 2.29 bits per heavy atom. The van der Waals surface area contributed by atoms with Crippen molar-refractivity contribution >= 4 is 23.1 Å². The van der Waals surface area contributed by atoms with Crippen LogP contribution < -0.4 is 11.1 Å². The van der Waals surface area contributed by atoms with Crippen molar-refractivity contribution in [1.29, 1.82) is 0 Å². The maximum atomic E-state index is 11.8. The first-order valence-electron chi connectivity index (χ1n) is 5.57. The molecular formula is C11H18N4OS. The summed E-state index contributed by atoms with van der Waals surface area (Å²) in [5, 5.41) is 6.97. The van der Waals surface area contributed by atoms with Gasteiger partial charge in [0, 0.05) is 19.8 Å². The van der Waals surface area contributed by atoms with Crippen LogP contribution in [0, 0.1) is 6.92 Å². The molecule has 0 bridgehead atoms. The first kappa shape index (κ1) is 13.6. The molecule has 1 amide bonds. The molecule has 0 aliphatic heterocycles. The second-order valence-electron chi connectivity index (χ2n) is 3.98. The molecule has 17 heavy (non-hydrogen) atoms. The van der Waals surface area contributed by atoms with E-state index in [0.717, 1.165) is 25.0 Å². The fourth-order valence-corrected chi connectivity index (χ4v) is 1.69.